The Morgan fingerprint density at radius 1 is 1.33 bits per heavy atom. The van der Waals surface area contributed by atoms with Crippen molar-refractivity contribution in [3.8, 4) is 16.9 Å². The molecule has 0 saturated heterocycles. The first-order chi connectivity index (χ1) is 14.2. The number of oxazole rings is 1. The Bertz CT molecular complexity index is 1060. The lowest BCUT2D eigenvalue weighted by Crippen LogP contribution is -2.22. The van der Waals surface area contributed by atoms with Crippen LogP contribution in [0.1, 0.15) is 17.2 Å². The standard InChI is InChI=1S/C20H17F3N2O5/c1-2-16(28)24-8-12-7-14(11-3-5-13(6-4-11)30-20(21,22)23)18-19(29-10-25-18)17(12)15(27)9-26/h2-7,10,15,26-27H,1,8-9H2,(H,24,28). The van der Waals surface area contributed by atoms with Crippen LogP contribution < -0.4 is 10.1 Å². The molecule has 0 aliphatic heterocycles. The van der Waals surface area contributed by atoms with Gasteiger partial charge in [0.25, 0.3) is 0 Å². The number of aromatic nitrogens is 1. The van der Waals surface area contributed by atoms with Crippen LogP contribution in [-0.4, -0.2) is 34.1 Å². The SMILES string of the molecule is C=CC(=O)NCc1cc(-c2ccc(OC(F)(F)F)cc2)c2ncoc2c1C(O)CO. The summed E-state index contributed by atoms with van der Waals surface area (Å²) < 4.78 is 46.4. The molecule has 1 aromatic heterocycles. The lowest BCUT2D eigenvalue weighted by atomic mass is 9.94. The van der Waals surface area contributed by atoms with Crippen LogP contribution in [0.25, 0.3) is 22.2 Å². The van der Waals surface area contributed by atoms with Crippen LogP contribution in [0.2, 0.25) is 0 Å². The van der Waals surface area contributed by atoms with Gasteiger partial charge in [0.05, 0.1) is 6.61 Å². The molecule has 0 spiro atoms. The Morgan fingerprint density at radius 3 is 2.63 bits per heavy atom. The summed E-state index contributed by atoms with van der Waals surface area (Å²) in [5, 5.41) is 22.3. The average Bonchev–Trinajstić information content (AvgIpc) is 3.19. The van der Waals surface area contributed by atoms with Gasteiger partial charge >= 0.3 is 6.36 Å². The Labute approximate surface area is 168 Å². The fourth-order valence-corrected chi connectivity index (χ4v) is 3.01. The normalized spacial score (nSPS) is 12.6. The minimum Gasteiger partial charge on any atom is -0.443 e. The molecule has 3 aromatic rings. The molecule has 0 saturated carbocycles. The average molecular weight is 422 g/mol. The lowest BCUT2D eigenvalue weighted by molar-refractivity contribution is -0.274. The molecule has 1 unspecified atom stereocenters. The smallest absolute Gasteiger partial charge is 0.443 e. The van der Waals surface area contributed by atoms with Crippen molar-refractivity contribution in [2.24, 2.45) is 0 Å². The monoisotopic (exact) mass is 422 g/mol. The maximum atomic E-state index is 12.4. The number of halogens is 3. The first-order valence-corrected chi connectivity index (χ1v) is 8.68. The third kappa shape index (κ3) is 4.61. The summed E-state index contributed by atoms with van der Waals surface area (Å²) in [5.41, 5.74) is 2.20. The summed E-state index contributed by atoms with van der Waals surface area (Å²) in [5.74, 6) is -0.833. The van der Waals surface area contributed by atoms with Crippen molar-refractivity contribution in [2.45, 2.75) is 19.0 Å². The summed E-state index contributed by atoms with van der Waals surface area (Å²) in [6.45, 7) is 2.75. The molecular weight excluding hydrogens is 405 g/mol. The van der Waals surface area contributed by atoms with Gasteiger partial charge in [-0.1, -0.05) is 18.7 Å². The van der Waals surface area contributed by atoms with Gasteiger partial charge in [-0.2, -0.15) is 0 Å². The molecule has 1 amide bonds. The second-order valence-electron chi connectivity index (χ2n) is 6.22. The summed E-state index contributed by atoms with van der Waals surface area (Å²) in [7, 11) is 0. The molecule has 7 nitrogen and oxygen atoms in total. The maximum absolute atomic E-state index is 12.4. The largest absolute Gasteiger partial charge is 0.573 e. The van der Waals surface area contributed by atoms with Crippen molar-refractivity contribution in [3.05, 3.63) is 60.5 Å². The van der Waals surface area contributed by atoms with Crippen molar-refractivity contribution in [2.75, 3.05) is 6.61 Å². The van der Waals surface area contributed by atoms with Crippen LogP contribution in [0.4, 0.5) is 13.2 Å². The van der Waals surface area contributed by atoms with Crippen LogP contribution in [0, 0.1) is 0 Å². The zero-order chi connectivity index (χ0) is 21.9. The van der Waals surface area contributed by atoms with Gasteiger partial charge in [-0.15, -0.1) is 13.2 Å². The van der Waals surface area contributed by atoms with Crippen LogP contribution in [-0.2, 0) is 11.3 Å². The molecule has 0 bridgehead atoms. The number of carbonyl (C=O) groups excluding carboxylic acids is 1. The van der Waals surface area contributed by atoms with Gasteiger partial charge in [-0.25, -0.2) is 4.98 Å². The summed E-state index contributed by atoms with van der Waals surface area (Å²) >= 11 is 0. The van der Waals surface area contributed by atoms with Crippen LogP contribution in [0.5, 0.6) is 5.75 Å². The van der Waals surface area contributed by atoms with E-state index in [0.29, 0.717) is 22.2 Å². The van der Waals surface area contributed by atoms with E-state index in [1.54, 1.807) is 6.07 Å². The van der Waals surface area contributed by atoms with E-state index in [-0.39, 0.29) is 23.4 Å². The highest BCUT2D eigenvalue weighted by Gasteiger charge is 2.31. The third-order valence-electron chi connectivity index (χ3n) is 4.28. The van der Waals surface area contributed by atoms with Crippen molar-refractivity contribution >= 4 is 17.0 Å². The molecule has 2 aromatic carbocycles. The molecule has 0 aliphatic carbocycles. The summed E-state index contributed by atoms with van der Waals surface area (Å²) in [4.78, 5) is 15.7. The first kappa shape index (κ1) is 21.3. The Hall–Kier alpha value is -3.37. The number of benzene rings is 2. The Morgan fingerprint density at radius 2 is 2.03 bits per heavy atom. The number of nitrogens with one attached hydrogen (secondary N) is 1. The molecule has 10 heteroatoms. The van der Waals surface area contributed by atoms with Gasteiger partial charge in [0, 0.05) is 17.7 Å². The third-order valence-corrected chi connectivity index (χ3v) is 4.28. The number of fused-ring (bicyclic) bond motifs is 1. The zero-order valence-corrected chi connectivity index (χ0v) is 15.4. The minimum atomic E-state index is -4.81. The van der Waals surface area contributed by atoms with Crippen molar-refractivity contribution < 1.29 is 37.3 Å². The predicted molar refractivity (Wildman–Crippen MR) is 100 cm³/mol. The van der Waals surface area contributed by atoms with E-state index in [2.05, 4.69) is 21.6 Å². The number of carbonyl (C=O) groups is 1. The number of alkyl halides is 3. The minimum absolute atomic E-state index is 0.0177. The van der Waals surface area contributed by atoms with E-state index >= 15 is 0 Å². The Balaban J connectivity index is 2.09. The lowest BCUT2D eigenvalue weighted by Gasteiger charge is -2.17. The van der Waals surface area contributed by atoms with E-state index in [1.165, 1.54) is 12.1 Å². The molecule has 3 N–H and O–H groups in total. The Kier molecular flexibility index (Phi) is 6.09. The molecule has 1 heterocycles. The number of aliphatic hydroxyl groups is 2. The number of rotatable bonds is 7. The van der Waals surface area contributed by atoms with E-state index in [0.717, 1.165) is 24.6 Å². The quantitative estimate of drug-likeness (QED) is 0.505. The van der Waals surface area contributed by atoms with Gasteiger partial charge < -0.3 is 24.7 Å². The topological polar surface area (TPSA) is 105 Å². The number of hydrogen-bond donors (Lipinski definition) is 3. The van der Waals surface area contributed by atoms with E-state index in [1.807, 2.05) is 0 Å². The second-order valence-corrected chi connectivity index (χ2v) is 6.22. The van der Waals surface area contributed by atoms with Crippen LogP contribution in [0.15, 0.2) is 53.8 Å². The number of nitrogens with zero attached hydrogens (tertiary/aromatic N) is 1. The second kappa shape index (κ2) is 8.56. The van der Waals surface area contributed by atoms with Gasteiger partial charge in [-0.3, -0.25) is 4.79 Å². The molecule has 30 heavy (non-hydrogen) atoms. The van der Waals surface area contributed by atoms with Crippen molar-refractivity contribution in [3.63, 3.8) is 0 Å². The zero-order valence-electron chi connectivity index (χ0n) is 15.4. The molecule has 158 valence electrons. The molecule has 0 fully saturated rings. The predicted octanol–water partition coefficient (Wildman–Crippen LogP) is 3.22. The molecule has 3 rings (SSSR count). The van der Waals surface area contributed by atoms with E-state index in [4.69, 9.17) is 4.42 Å². The highest BCUT2D eigenvalue weighted by molar-refractivity contribution is 5.94. The number of hydrogen-bond acceptors (Lipinski definition) is 6. The van der Waals surface area contributed by atoms with Crippen LogP contribution >= 0.6 is 0 Å². The number of amides is 1. The molecule has 0 aliphatic rings. The molecular formula is C20H17F3N2O5. The number of aliphatic hydroxyl groups excluding tert-OH is 2. The van der Waals surface area contributed by atoms with E-state index < -0.39 is 25.0 Å². The van der Waals surface area contributed by atoms with Gasteiger partial charge in [-0.05, 0) is 35.4 Å². The van der Waals surface area contributed by atoms with Crippen LogP contribution in [0.3, 0.4) is 0 Å². The molecule has 1 atom stereocenters. The van der Waals surface area contributed by atoms with Crippen molar-refractivity contribution in [1.29, 1.82) is 0 Å². The fraction of sp³-hybridized carbons (Fsp3) is 0.200. The van der Waals surface area contributed by atoms with E-state index in [9.17, 15) is 28.2 Å². The fourth-order valence-electron chi connectivity index (χ4n) is 3.01. The maximum Gasteiger partial charge on any atom is 0.573 e. The summed E-state index contributed by atoms with van der Waals surface area (Å²) in [6, 6.07) is 6.76. The highest BCUT2D eigenvalue weighted by atomic mass is 19.4. The highest BCUT2D eigenvalue weighted by Crippen LogP contribution is 2.36. The van der Waals surface area contributed by atoms with Gasteiger partial charge in [0.15, 0.2) is 12.0 Å². The number of ether oxygens (including phenoxy) is 1. The van der Waals surface area contributed by atoms with Gasteiger partial charge in [0.2, 0.25) is 5.91 Å². The first-order valence-electron chi connectivity index (χ1n) is 8.68. The summed E-state index contributed by atoms with van der Waals surface area (Å²) in [6.07, 6.45) is -3.88. The molecule has 0 radical (unpaired) electrons. The van der Waals surface area contributed by atoms with Gasteiger partial charge in [0.1, 0.15) is 17.4 Å². The van der Waals surface area contributed by atoms with Crippen molar-refractivity contribution in [1.82, 2.24) is 10.3 Å².